The van der Waals surface area contributed by atoms with Crippen molar-refractivity contribution in [2.45, 2.75) is 20.3 Å². The number of hydrogen-bond acceptors (Lipinski definition) is 3. The maximum Gasteiger partial charge on any atom is 0.339 e. The summed E-state index contributed by atoms with van der Waals surface area (Å²) in [6.07, 6.45) is 0.551. The van der Waals surface area contributed by atoms with E-state index in [1.807, 2.05) is 50.2 Å². The van der Waals surface area contributed by atoms with Crippen LogP contribution in [0.4, 0.5) is 0 Å². The first-order chi connectivity index (χ1) is 10.6. The van der Waals surface area contributed by atoms with Crippen LogP contribution in [0.25, 0.3) is 11.0 Å². The van der Waals surface area contributed by atoms with Gasteiger partial charge in [0.1, 0.15) is 11.3 Å². The molecule has 0 bridgehead atoms. The van der Waals surface area contributed by atoms with Crippen LogP contribution >= 0.6 is 0 Å². The molecule has 3 aromatic rings. The average molecular weight is 294 g/mol. The third-order valence-corrected chi connectivity index (χ3v) is 3.94. The Morgan fingerprint density at radius 1 is 1.00 bits per heavy atom. The van der Waals surface area contributed by atoms with Crippen molar-refractivity contribution in [1.29, 1.82) is 0 Å². The monoisotopic (exact) mass is 294 g/mol. The molecule has 0 unspecified atom stereocenters. The van der Waals surface area contributed by atoms with E-state index in [4.69, 9.17) is 9.15 Å². The number of fused-ring (bicyclic) bond motifs is 1. The minimum atomic E-state index is -0.267. The molecule has 1 heterocycles. The van der Waals surface area contributed by atoms with Gasteiger partial charge >= 0.3 is 5.63 Å². The fourth-order valence-corrected chi connectivity index (χ4v) is 2.60. The largest absolute Gasteiger partial charge is 0.497 e. The second kappa shape index (κ2) is 5.68. The fourth-order valence-electron chi connectivity index (χ4n) is 2.60. The number of methoxy groups -OCH3 is 1. The zero-order valence-corrected chi connectivity index (χ0v) is 13.0. The molecule has 0 radical (unpaired) electrons. The minimum Gasteiger partial charge on any atom is -0.497 e. The Morgan fingerprint density at radius 2 is 1.68 bits per heavy atom. The summed E-state index contributed by atoms with van der Waals surface area (Å²) in [5, 5.41) is 1.00. The Kier molecular flexibility index (Phi) is 3.72. The molecule has 1 aromatic heterocycles. The second-order valence-corrected chi connectivity index (χ2v) is 5.53. The first kappa shape index (κ1) is 14.4. The van der Waals surface area contributed by atoms with Crippen LogP contribution < -0.4 is 10.4 Å². The lowest BCUT2D eigenvalue weighted by Gasteiger charge is -2.07. The highest BCUT2D eigenvalue weighted by molar-refractivity contribution is 5.83. The van der Waals surface area contributed by atoms with E-state index >= 15 is 0 Å². The van der Waals surface area contributed by atoms with E-state index in [9.17, 15) is 4.79 Å². The summed E-state index contributed by atoms with van der Waals surface area (Å²) in [5.74, 6) is 0.806. The average Bonchev–Trinajstić information content (AvgIpc) is 2.53. The SMILES string of the molecule is COc1ccc(Cc2cc3c(C)ccc(C)c3oc2=O)cc1. The van der Waals surface area contributed by atoms with Gasteiger partial charge in [-0.2, -0.15) is 0 Å². The fraction of sp³-hybridized carbons (Fsp3) is 0.211. The van der Waals surface area contributed by atoms with Crippen molar-refractivity contribution in [3.63, 3.8) is 0 Å². The topological polar surface area (TPSA) is 39.4 Å². The molecule has 0 saturated carbocycles. The van der Waals surface area contributed by atoms with Crippen molar-refractivity contribution in [1.82, 2.24) is 0 Å². The predicted molar refractivity (Wildman–Crippen MR) is 87.8 cm³/mol. The van der Waals surface area contributed by atoms with Crippen LogP contribution in [0.1, 0.15) is 22.3 Å². The Hall–Kier alpha value is -2.55. The van der Waals surface area contributed by atoms with E-state index in [0.717, 1.165) is 27.8 Å². The van der Waals surface area contributed by atoms with Crippen molar-refractivity contribution >= 4 is 11.0 Å². The lowest BCUT2D eigenvalue weighted by Crippen LogP contribution is -2.08. The van der Waals surface area contributed by atoms with Gasteiger partial charge in [-0.1, -0.05) is 24.3 Å². The van der Waals surface area contributed by atoms with E-state index in [1.54, 1.807) is 7.11 Å². The molecule has 0 aliphatic heterocycles. The molecule has 0 fully saturated rings. The maximum absolute atomic E-state index is 12.2. The molecule has 22 heavy (non-hydrogen) atoms. The Morgan fingerprint density at radius 3 is 2.36 bits per heavy atom. The molecular formula is C19H18O3. The minimum absolute atomic E-state index is 0.267. The number of rotatable bonds is 3. The summed E-state index contributed by atoms with van der Waals surface area (Å²) in [4.78, 5) is 12.2. The highest BCUT2D eigenvalue weighted by Gasteiger charge is 2.10. The maximum atomic E-state index is 12.2. The highest BCUT2D eigenvalue weighted by Crippen LogP contribution is 2.22. The van der Waals surface area contributed by atoms with Gasteiger partial charge in [0, 0.05) is 17.4 Å². The van der Waals surface area contributed by atoms with Gasteiger partial charge in [-0.3, -0.25) is 0 Å². The first-order valence-corrected chi connectivity index (χ1v) is 7.24. The van der Waals surface area contributed by atoms with E-state index in [0.29, 0.717) is 17.6 Å². The summed E-state index contributed by atoms with van der Waals surface area (Å²) in [5.41, 5.74) is 4.23. The van der Waals surface area contributed by atoms with Crippen LogP contribution in [-0.2, 0) is 6.42 Å². The van der Waals surface area contributed by atoms with Crippen LogP contribution in [0.5, 0.6) is 5.75 Å². The Labute approximate surface area is 129 Å². The summed E-state index contributed by atoms with van der Waals surface area (Å²) >= 11 is 0. The molecular weight excluding hydrogens is 276 g/mol. The van der Waals surface area contributed by atoms with Gasteiger partial charge in [-0.15, -0.1) is 0 Å². The molecule has 3 heteroatoms. The summed E-state index contributed by atoms with van der Waals surface area (Å²) in [7, 11) is 1.64. The normalized spacial score (nSPS) is 10.9. The molecule has 3 nitrogen and oxygen atoms in total. The smallest absolute Gasteiger partial charge is 0.339 e. The number of benzene rings is 2. The molecule has 0 N–H and O–H groups in total. The van der Waals surface area contributed by atoms with E-state index in [1.165, 1.54) is 0 Å². The van der Waals surface area contributed by atoms with Crippen LogP contribution in [0.2, 0.25) is 0 Å². The highest BCUT2D eigenvalue weighted by atomic mass is 16.5. The Bertz CT molecular complexity index is 874. The van der Waals surface area contributed by atoms with Gasteiger partial charge < -0.3 is 9.15 Å². The molecule has 2 aromatic carbocycles. The van der Waals surface area contributed by atoms with Crippen molar-refractivity contribution in [3.05, 3.63) is 75.1 Å². The van der Waals surface area contributed by atoms with Gasteiger partial charge in [-0.25, -0.2) is 4.79 Å². The number of aryl methyl sites for hydroxylation is 2. The zero-order chi connectivity index (χ0) is 15.7. The van der Waals surface area contributed by atoms with Gasteiger partial charge in [0.15, 0.2) is 0 Å². The lowest BCUT2D eigenvalue weighted by molar-refractivity contribution is 0.414. The zero-order valence-electron chi connectivity index (χ0n) is 13.0. The molecule has 0 atom stereocenters. The van der Waals surface area contributed by atoms with Crippen LogP contribution in [0.15, 0.2) is 51.7 Å². The lowest BCUT2D eigenvalue weighted by atomic mass is 10.0. The second-order valence-electron chi connectivity index (χ2n) is 5.53. The third kappa shape index (κ3) is 2.62. The van der Waals surface area contributed by atoms with Gasteiger partial charge in [-0.05, 0) is 48.7 Å². The molecule has 0 spiro atoms. The van der Waals surface area contributed by atoms with Gasteiger partial charge in [0.25, 0.3) is 0 Å². The van der Waals surface area contributed by atoms with Crippen molar-refractivity contribution in [2.24, 2.45) is 0 Å². The third-order valence-electron chi connectivity index (χ3n) is 3.94. The van der Waals surface area contributed by atoms with Crippen molar-refractivity contribution in [2.75, 3.05) is 7.11 Å². The number of ether oxygens (including phenoxy) is 1. The summed E-state index contributed by atoms with van der Waals surface area (Å²) < 4.78 is 10.7. The van der Waals surface area contributed by atoms with Gasteiger partial charge in [0.05, 0.1) is 7.11 Å². The summed E-state index contributed by atoms with van der Waals surface area (Å²) in [6, 6.07) is 13.7. The van der Waals surface area contributed by atoms with Crippen LogP contribution in [0.3, 0.4) is 0 Å². The quantitative estimate of drug-likeness (QED) is 0.685. The first-order valence-electron chi connectivity index (χ1n) is 7.24. The van der Waals surface area contributed by atoms with Crippen LogP contribution in [0, 0.1) is 13.8 Å². The standard InChI is InChI=1S/C19H18O3/c1-12-4-5-13(2)18-17(12)11-15(19(20)22-18)10-14-6-8-16(21-3)9-7-14/h4-9,11H,10H2,1-3H3. The van der Waals surface area contributed by atoms with E-state index in [-0.39, 0.29) is 5.63 Å². The molecule has 0 amide bonds. The number of hydrogen-bond donors (Lipinski definition) is 0. The van der Waals surface area contributed by atoms with Gasteiger partial charge in [0.2, 0.25) is 0 Å². The Balaban J connectivity index is 2.05. The molecule has 3 rings (SSSR count). The summed E-state index contributed by atoms with van der Waals surface area (Å²) in [6.45, 7) is 3.98. The van der Waals surface area contributed by atoms with E-state index in [2.05, 4.69) is 6.07 Å². The van der Waals surface area contributed by atoms with Crippen molar-refractivity contribution < 1.29 is 9.15 Å². The molecule has 0 aliphatic rings. The predicted octanol–water partition coefficient (Wildman–Crippen LogP) is 4.01. The molecule has 112 valence electrons. The van der Waals surface area contributed by atoms with Crippen molar-refractivity contribution in [3.8, 4) is 5.75 Å². The van der Waals surface area contributed by atoms with E-state index < -0.39 is 0 Å². The molecule has 0 saturated heterocycles. The van der Waals surface area contributed by atoms with Crippen LogP contribution in [-0.4, -0.2) is 7.11 Å². The molecule has 0 aliphatic carbocycles.